The summed E-state index contributed by atoms with van der Waals surface area (Å²) in [6, 6.07) is 0. The highest BCUT2D eigenvalue weighted by Gasteiger charge is 2.57. The van der Waals surface area contributed by atoms with Crippen molar-refractivity contribution in [3.05, 3.63) is 23.3 Å². The van der Waals surface area contributed by atoms with Crippen LogP contribution in [0.15, 0.2) is 23.3 Å². The third-order valence-corrected chi connectivity index (χ3v) is 8.42. The van der Waals surface area contributed by atoms with Gasteiger partial charge in [-0.15, -0.1) is 0 Å². The first-order valence-corrected chi connectivity index (χ1v) is 10.0. The molecule has 3 heteroatoms. The SMILES string of the molecule is COC(=O)/C=C1\CCC2C3CC=C4CC(O)CCC4(C)C3CCC12C. The molecule has 6 atom stereocenters. The van der Waals surface area contributed by atoms with Crippen molar-refractivity contribution in [3.8, 4) is 0 Å². The number of hydrogen-bond acceptors (Lipinski definition) is 3. The first-order chi connectivity index (χ1) is 11.9. The Hall–Kier alpha value is -1.09. The molecule has 0 amide bonds. The van der Waals surface area contributed by atoms with Crippen LogP contribution in [0.4, 0.5) is 0 Å². The monoisotopic (exact) mass is 344 g/mol. The number of allylic oxidation sites excluding steroid dienone is 2. The molecule has 0 aromatic rings. The van der Waals surface area contributed by atoms with Crippen LogP contribution in [0.3, 0.4) is 0 Å². The smallest absolute Gasteiger partial charge is 0.330 e. The third kappa shape index (κ3) is 2.53. The molecule has 4 aliphatic rings. The average molecular weight is 344 g/mol. The second kappa shape index (κ2) is 5.97. The van der Waals surface area contributed by atoms with Crippen LogP contribution in [-0.2, 0) is 9.53 Å². The van der Waals surface area contributed by atoms with E-state index in [-0.39, 0.29) is 22.9 Å². The predicted molar refractivity (Wildman–Crippen MR) is 97.8 cm³/mol. The molecule has 0 aliphatic heterocycles. The normalized spacial score (nSPS) is 47.5. The molecule has 3 fully saturated rings. The Bertz CT molecular complexity index is 633. The van der Waals surface area contributed by atoms with E-state index >= 15 is 0 Å². The highest BCUT2D eigenvalue weighted by Crippen LogP contribution is 2.66. The summed E-state index contributed by atoms with van der Waals surface area (Å²) in [6.45, 7) is 4.85. The summed E-state index contributed by atoms with van der Waals surface area (Å²) >= 11 is 0. The molecule has 138 valence electrons. The van der Waals surface area contributed by atoms with E-state index in [2.05, 4.69) is 19.9 Å². The van der Waals surface area contributed by atoms with Gasteiger partial charge in [-0.05, 0) is 80.0 Å². The number of carbonyl (C=O) groups excluding carboxylic acids is 1. The average Bonchev–Trinajstić information content (AvgIpc) is 2.92. The Balaban J connectivity index is 1.64. The lowest BCUT2D eigenvalue weighted by molar-refractivity contribution is -0.135. The zero-order chi connectivity index (χ0) is 17.8. The van der Waals surface area contributed by atoms with Crippen LogP contribution in [0.5, 0.6) is 0 Å². The van der Waals surface area contributed by atoms with Gasteiger partial charge in [0.05, 0.1) is 13.2 Å². The van der Waals surface area contributed by atoms with Gasteiger partial charge in [-0.1, -0.05) is 31.1 Å². The fourth-order valence-corrected chi connectivity index (χ4v) is 6.93. The maximum Gasteiger partial charge on any atom is 0.330 e. The molecule has 4 rings (SSSR count). The van der Waals surface area contributed by atoms with Crippen molar-refractivity contribution >= 4 is 5.97 Å². The van der Waals surface area contributed by atoms with E-state index in [4.69, 9.17) is 4.74 Å². The van der Waals surface area contributed by atoms with Gasteiger partial charge < -0.3 is 9.84 Å². The van der Waals surface area contributed by atoms with Gasteiger partial charge in [0.25, 0.3) is 0 Å². The van der Waals surface area contributed by atoms with Gasteiger partial charge in [0, 0.05) is 6.08 Å². The number of aliphatic hydroxyl groups is 1. The first-order valence-electron chi connectivity index (χ1n) is 10.0. The van der Waals surface area contributed by atoms with E-state index in [0.717, 1.165) is 43.9 Å². The summed E-state index contributed by atoms with van der Waals surface area (Å²) in [5, 5.41) is 10.1. The van der Waals surface area contributed by atoms with Crippen molar-refractivity contribution in [2.45, 2.75) is 71.3 Å². The number of fused-ring (bicyclic) bond motifs is 5. The van der Waals surface area contributed by atoms with Gasteiger partial charge in [-0.2, -0.15) is 0 Å². The Kier molecular flexibility index (Phi) is 4.14. The number of methoxy groups -OCH3 is 1. The fraction of sp³-hybridized carbons (Fsp3) is 0.773. The largest absolute Gasteiger partial charge is 0.466 e. The van der Waals surface area contributed by atoms with E-state index in [1.807, 2.05) is 0 Å². The Morgan fingerprint density at radius 3 is 2.68 bits per heavy atom. The van der Waals surface area contributed by atoms with E-state index in [1.54, 1.807) is 6.08 Å². The molecule has 0 heterocycles. The van der Waals surface area contributed by atoms with Crippen LogP contribution in [0, 0.1) is 28.6 Å². The summed E-state index contributed by atoms with van der Waals surface area (Å²) in [4.78, 5) is 11.8. The number of hydrogen-bond donors (Lipinski definition) is 1. The van der Waals surface area contributed by atoms with E-state index in [1.165, 1.54) is 37.5 Å². The van der Waals surface area contributed by atoms with Crippen LogP contribution >= 0.6 is 0 Å². The number of rotatable bonds is 1. The maximum atomic E-state index is 11.8. The second-order valence-corrected chi connectivity index (χ2v) is 9.34. The van der Waals surface area contributed by atoms with Crippen LogP contribution in [-0.4, -0.2) is 24.3 Å². The number of carbonyl (C=O) groups is 1. The molecule has 3 saturated carbocycles. The Morgan fingerprint density at radius 1 is 1.20 bits per heavy atom. The van der Waals surface area contributed by atoms with Crippen molar-refractivity contribution in [2.75, 3.05) is 7.11 Å². The summed E-state index contributed by atoms with van der Waals surface area (Å²) in [5.74, 6) is 1.96. The molecule has 0 bridgehead atoms. The number of aliphatic hydroxyl groups excluding tert-OH is 1. The van der Waals surface area contributed by atoms with Crippen LogP contribution in [0.2, 0.25) is 0 Å². The molecule has 3 nitrogen and oxygen atoms in total. The van der Waals surface area contributed by atoms with Crippen molar-refractivity contribution < 1.29 is 14.6 Å². The van der Waals surface area contributed by atoms with Crippen molar-refractivity contribution in [1.29, 1.82) is 0 Å². The molecule has 0 radical (unpaired) electrons. The molecule has 1 N–H and O–H groups in total. The minimum Gasteiger partial charge on any atom is -0.466 e. The first kappa shape index (κ1) is 17.3. The highest BCUT2D eigenvalue weighted by atomic mass is 16.5. The molecule has 0 saturated heterocycles. The van der Waals surface area contributed by atoms with Gasteiger partial charge in [0.2, 0.25) is 0 Å². The predicted octanol–water partition coefficient (Wildman–Crippen LogP) is 4.41. The minimum absolute atomic E-state index is 0.134. The topological polar surface area (TPSA) is 46.5 Å². The summed E-state index contributed by atoms with van der Waals surface area (Å²) in [5.41, 5.74) is 3.31. The van der Waals surface area contributed by atoms with Gasteiger partial charge in [0.1, 0.15) is 0 Å². The zero-order valence-corrected chi connectivity index (χ0v) is 15.9. The van der Waals surface area contributed by atoms with Crippen molar-refractivity contribution in [2.24, 2.45) is 28.6 Å². The summed E-state index contributed by atoms with van der Waals surface area (Å²) in [6.07, 6.45) is 12.9. The molecule has 6 unspecified atom stereocenters. The van der Waals surface area contributed by atoms with Crippen LogP contribution < -0.4 is 0 Å². The van der Waals surface area contributed by atoms with Crippen LogP contribution in [0.25, 0.3) is 0 Å². The van der Waals surface area contributed by atoms with E-state index in [9.17, 15) is 9.90 Å². The summed E-state index contributed by atoms with van der Waals surface area (Å²) in [7, 11) is 1.47. The minimum atomic E-state index is -0.196. The van der Waals surface area contributed by atoms with Gasteiger partial charge in [-0.3, -0.25) is 0 Å². The van der Waals surface area contributed by atoms with Gasteiger partial charge >= 0.3 is 5.97 Å². The number of ether oxygens (including phenoxy) is 1. The van der Waals surface area contributed by atoms with Crippen molar-refractivity contribution in [3.63, 3.8) is 0 Å². The molecule has 0 aromatic carbocycles. The second-order valence-electron chi connectivity index (χ2n) is 9.34. The van der Waals surface area contributed by atoms with E-state index < -0.39 is 0 Å². The van der Waals surface area contributed by atoms with Gasteiger partial charge in [0.15, 0.2) is 0 Å². The van der Waals surface area contributed by atoms with Crippen molar-refractivity contribution in [1.82, 2.24) is 0 Å². The molecule has 4 aliphatic carbocycles. The number of esters is 1. The standard InChI is InChI=1S/C22H32O3/c1-21-10-8-16(23)12-14(21)4-6-17-18-7-5-15(13-20(24)25-3)22(18,2)11-9-19(17)21/h4,13,16-19,23H,5-12H2,1-3H3/b15-13+. The summed E-state index contributed by atoms with van der Waals surface area (Å²) < 4.78 is 4.89. The molecule has 25 heavy (non-hydrogen) atoms. The quantitative estimate of drug-likeness (QED) is 0.435. The highest BCUT2D eigenvalue weighted by molar-refractivity contribution is 5.83. The zero-order valence-electron chi connectivity index (χ0n) is 15.9. The van der Waals surface area contributed by atoms with E-state index in [0.29, 0.717) is 5.92 Å². The molecular formula is C22H32O3. The van der Waals surface area contributed by atoms with Gasteiger partial charge in [-0.25, -0.2) is 4.79 Å². The molecule has 0 aromatic heterocycles. The molecule has 0 spiro atoms. The molecular weight excluding hydrogens is 312 g/mol. The maximum absolute atomic E-state index is 11.8. The lowest BCUT2D eigenvalue weighted by Crippen LogP contribution is -2.49. The van der Waals surface area contributed by atoms with Crippen LogP contribution in [0.1, 0.15) is 65.2 Å². The third-order valence-electron chi connectivity index (χ3n) is 8.42. The lowest BCUT2D eigenvalue weighted by Gasteiger charge is -2.57. The Morgan fingerprint density at radius 2 is 1.92 bits per heavy atom. The fourth-order valence-electron chi connectivity index (χ4n) is 6.93. The lowest BCUT2D eigenvalue weighted by atomic mass is 9.48. The Labute approximate surface area is 151 Å².